The SMILES string of the molecule is C[C@H](O)CNC(=O)COc1cccc(N)c1. The van der Waals surface area contributed by atoms with Gasteiger partial charge in [-0.25, -0.2) is 0 Å². The number of aliphatic hydroxyl groups excluding tert-OH is 1. The molecule has 0 saturated heterocycles. The highest BCUT2D eigenvalue weighted by molar-refractivity contribution is 5.77. The van der Waals surface area contributed by atoms with E-state index in [-0.39, 0.29) is 19.1 Å². The van der Waals surface area contributed by atoms with Crippen LogP contribution in [0.2, 0.25) is 0 Å². The number of rotatable bonds is 5. The van der Waals surface area contributed by atoms with Crippen molar-refractivity contribution in [2.24, 2.45) is 0 Å². The lowest BCUT2D eigenvalue weighted by Crippen LogP contribution is -2.34. The number of nitrogens with one attached hydrogen (secondary N) is 1. The molecule has 0 saturated carbocycles. The first kappa shape index (κ1) is 12.3. The predicted octanol–water partition coefficient (Wildman–Crippen LogP) is 0.145. The third kappa shape index (κ3) is 4.65. The fourth-order valence-electron chi connectivity index (χ4n) is 1.07. The second-order valence-electron chi connectivity index (χ2n) is 3.51. The number of hydrogen-bond donors (Lipinski definition) is 3. The molecule has 0 aromatic heterocycles. The number of ether oxygens (including phenoxy) is 1. The van der Waals surface area contributed by atoms with E-state index < -0.39 is 6.10 Å². The molecule has 4 N–H and O–H groups in total. The van der Waals surface area contributed by atoms with Crippen LogP contribution in [0.4, 0.5) is 5.69 Å². The maximum absolute atomic E-state index is 11.2. The molecule has 0 bridgehead atoms. The molecule has 1 aromatic rings. The normalized spacial score (nSPS) is 11.9. The van der Waals surface area contributed by atoms with Gasteiger partial charge in [0.2, 0.25) is 0 Å². The molecule has 5 nitrogen and oxygen atoms in total. The summed E-state index contributed by atoms with van der Waals surface area (Å²) in [7, 11) is 0. The summed E-state index contributed by atoms with van der Waals surface area (Å²) >= 11 is 0. The second-order valence-corrected chi connectivity index (χ2v) is 3.51. The van der Waals surface area contributed by atoms with Crippen molar-refractivity contribution in [1.82, 2.24) is 5.32 Å². The zero-order chi connectivity index (χ0) is 12.0. The Balaban J connectivity index is 2.31. The Morgan fingerprint density at radius 2 is 2.38 bits per heavy atom. The molecule has 0 aliphatic rings. The minimum absolute atomic E-state index is 0.0871. The van der Waals surface area contributed by atoms with Gasteiger partial charge in [-0.2, -0.15) is 0 Å². The van der Waals surface area contributed by atoms with Crippen LogP contribution in [0.25, 0.3) is 0 Å². The Kier molecular flexibility index (Phi) is 4.60. The first-order valence-electron chi connectivity index (χ1n) is 5.01. The lowest BCUT2D eigenvalue weighted by molar-refractivity contribution is -0.123. The molecule has 5 heteroatoms. The van der Waals surface area contributed by atoms with Crippen LogP contribution in [0.3, 0.4) is 0 Å². The summed E-state index contributed by atoms with van der Waals surface area (Å²) in [5, 5.41) is 11.5. The molecule has 0 fully saturated rings. The average molecular weight is 224 g/mol. The molecule has 0 aliphatic carbocycles. The van der Waals surface area contributed by atoms with E-state index in [1.54, 1.807) is 31.2 Å². The van der Waals surface area contributed by atoms with Crippen molar-refractivity contribution in [2.75, 3.05) is 18.9 Å². The predicted molar refractivity (Wildman–Crippen MR) is 61.0 cm³/mol. The summed E-state index contributed by atoms with van der Waals surface area (Å²) in [5.41, 5.74) is 6.13. The Labute approximate surface area is 94.2 Å². The molecule has 1 amide bonds. The second kappa shape index (κ2) is 5.97. The van der Waals surface area contributed by atoms with E-state index >= 15 is 0 Å². The lowest BCUT2D eigenvalue weighted by atomic mass is 10.3. The van der Waals surface area contributed by atoms with Crippen molar-refractivity contribution in [3.63, 3.8) is 0 Å². The molecular formula is C11H16N2O3. The van der Waals surface area contributed by atoms with Crippen molar-refractivity contribution in [3.05, 3.63) is 24.3 Å². The summed E-state index contributed by atoms with van der Waals surface area (Å²) in [6, 6.07) is 6.85. The first-order valence-corrected chi connectivity index (χ1v) is 5.01. The van der Waals surface area contributed by atoms with Gasteiger partial charge in [0.1, 0.15) is 5.75 Å². The van der Waals surface area contributed by atoms with E-state index in [0.29, 0.717) is 11.4 Å². The van der Waals surface area contributed by atoms with Gasteiger partial charge < -0.3 is 20.9 Å². The third-order valence-electron chi connectivity index (χ3n) is 1.82. The van der Waals surface area contributed by atoms with Crippen LogP contribution in [0.5, 0.6) is 5.75 Å². The number of nitrogen functional groups attached to an aromatic ring is 1. The zero-order valence-electron chi connectivity index (χ0n) is 9.14. The zero-order valence-corrected chi connectivity index (χ0v) is 9.14. The summed E-state index contributed by atoms with van der Waals surface area (Å²) in [5.74, 6) is 0.274. The van der Waals surface area contributed by atoms with Crippen LogP contribution >= 0.6 is 0 Å². The summed E-state index contributed by atoms with van der Waals surface area (Å²) in [4.78, 5) is 11.2. The van der Waals surface area contributed by atoms with Gasteiger partial charge in [-0.3, -0.25) is 4.79 Å². The summed E-state index contributed by atoms with van der Waals surface area (Å²) < 4.78 is 5.21. The van der Waals surface area contributed by atoms with E-state index in [9.17, 15) is 4.79 Å². The minimum Gasteiger partial charge on any atom is -0.484 e. The molecule has 1 aromatic carbocycles. The fourth-order valence-corrected chi connectivity index (χ4v) is 1.07. The highest BCUT2D eigenvalue weighted by Crippen LogP contribution is 2.13. The Bertz CT molecular complexity index is 353. The smallest absolute Gasteiger partial charge is 0.258 e. The van der Waals surface area contributed by atoms with Gasteiger partial charge >= 0.3 is 0 Å². The molecule has 0 heterocycles. The number of aliphatic hydroxyl groups is 1. The highest BCUT2D eigenvalue weighted by atomic mass is 16.5. The van der Waals surface area contributed by atoms with Crippen LogP contribution in [0, 0.1) is 0 Å². The molecule has 0 radical (unpaired) electrons. The van der Waals surface area contributed by atoms with E-state index in [2.05, 4.69) is 5.32 Å². The molecule has 0 unspecified atom stereocenters. The van der Waals surface area contributed by atoms with Crippen molar-refractivity contribution in [3.8, 4) is 5.75 Å². The molecular weight excluding hydrogens is 208 g/mol. The van der Waals surface area contributed by atoms with E-state index in [1.165, 1.54) is 0 Å². The summed E-state index contributed by atoms with van der Waals surface area (Å²) in [6.07, 6.45) is -0.559. The molecule has 1 atom stereocenters. The van der Waals surface area contributed by atoms with Crippen molar-refractivity contribution in [2.45, 2.75) is 13.0 Å². The van der Waals surface area contributed by atoms with Gasteiger partial charge in [-0.15, -0.1) is 0 Å². The third-order valence-corrected chi connectivity index (χ3v) is 1.82. The van der Waals surface area contributed by atoms with Crippen molar-refractivity contribution in [1.29, 1.82) is 0 Å². The van der Waals surface area contributed by atoms with Gasteiger partial charge in [0.05, 0.1) is 6.10 Å². The van der Waals surface area contributed by atoms with Crippen molar-refractivity contribution >= 4 is 11.6 Å². The Morgan fingerprint density at radius 1 is 1.62 bits per heavy atom. The topological polar surface area (TPSA) is 84.6 Å². The van der Waals surface area contributed by atoms with E-state index in [1.807, 2.05) is 0 Å². The van der Waals surface area contributed by atoms with E-state index in [0.717, 1.165) is 0 Å². The minimum atomic E-state index is -0.559. The number of carbonyl (C=O) groups is 1. The molecule has 16 heavy (non-hydrogen) atoms. The van der Waals surface area contributed by atoms with Crippen LogP contribution in [0.1, 0.15) is 6.92 Å². The van der Waals surface area contributed by atoms with E-state index in [4.69, 9.17) is 15.6 Å². The van der Waals surface area contributed by atoms with Crippen LogP contribution < -0.4 is 15.8 Å². The number of carbonyl (C=O) groups excluding carboxylic acids is 1. The highest BCUT2D eigenvalue weighted by Gasteiger charge is 2.03. The van der Waals surface area contributed by atoms with Crippen LogP contribution in [-0.2, 0) is 4.79 Å². The number of hydrogen-bond acceptors (Lipinski definition) is 4. The van der Waals surface area contributed by atoms with Gasteiger partial charge in [0.25, 0.3) is 5.91 Å². The standard InChI is InChI=1S/C11H16N2O3/c1-8(14)6-13-11(15)7-16-10-4-2-3-9(12)5-10/h2-5,8,14H,6-7,12H2,1H3,(H,13,15)/t8-/m0/s1. The van der Waals surface area contributed by atoms with Crippen LogP contribution in [-0.4, -0.2) is 30.3 Å². The summed E-state index contributed by atoms with van der Waals surface area (Å²) in [6.45, 7) is 1.73. The van der Waals surface area contributed by atoms with Crippen molar-refractivity contribution < 1.29 is 14.6 Å². The number of anilines is 1. The monoisotopic (exact) mass is 224 g/mol. The molecule has 88 valence electrons. The quantitative estimate of drug-likeness (QED) is 0.621. The van der Waals surface area contributed by atoms with Gasteiger partial charge in [0.15, 0.2) is 6.61 Å². The number of nitrogens with two attached hydrogens (primary N) is 1. The number of amides is 1. The van der Waals surface area contributed by atoms with Gasteiger partial charge in [0, 0.05) is 18.3 Å². The lowest BCUT2D eigenvalue weighted by Gasteiger charge is -2.08. The Hall–Kier alpha value is -1.75. The largest absolute Gasteiger partial charge is 0.484 e. The fraction of sp³-hybridized carbons (Fsp3) is 0.364. The van der Waals surface area contributed by atoms with Gasteiger partial charge in [-0.05, 0) is 19.1 Å². The first-order chi connectivity index (χ1) is 7.58. The molecule has 0 spiro atoms. The van der Waals surface area contributed by atoms with Gasteiger partial charge in [-0.1, -0.05) is 6.07 Å². The Morgan fingerprint density at radius 3 is 3.00 bits per heavy atom. The molecule has 1 rings (SSSR count). The average Bonchev–Trinajstić information content (AvgIpc) is 2.23. The maximum atomic E-state index is 11.2. The molecule has 0 aliphatic heterocycles. The number of benzene rings is 1. The maximum Gasteiger partial charge on any atom is 0.258 e. The van der Waals surface area contributed by atoms with Crippen LogP contribution in [0.15, 0.2) is 24.3 Å².